The molecule has 1 saturated carbocycles. The molecule has 1 aliphatic rings. The zero-order chi connectivity index (χ0) is 15.1. The van der Waals surface area contributed by atoms with Crippen LogP contribution in [-0.4, -0.2) is 24.0 Å². The van der Waals surface area contributed by atoms with Crippen LogP contribution in [-0.2, 0) is 6.54 Å². The molecule has 1 aromatic heterocycles. The van der Waals surface area contributed by atoms with Gasteiger partial charge >= 0.3 is 0 Å². The van der Waals surface area contributed by atoms with Crippen LogP contribution in [0.25, 0.3) is 0 Å². The molecule has 4 nitrogen and oxygen atoms in total. The van der Waals surface area contributed by atoms with Crippen LogP contribution in [0.4, 0.5) is 0 Å². The maximum Gasteiger partial charge on any atom is 0.191 e. The van der Waals surface area contributed by atoms with Gasteiger partial charge in [-0.15, -0.1) is 11.3 Å². The van der Waals surface area contributed by atoms with Crippen LogP contribution >= 0.6 is 11.3 Å². The van der Waals surface area contributed by atoms with Crippen molar-refractivity contribution in [2.75, 3.05) is 13.1 Å². The quantitative estimate of drug-likeness (QED) is 0.439. The molecule has 0 aliphatic heterocycles. The number of nitrogens with zero attached hydrogens (tertiary/aromatic N) is 2. The molecule has 0 atom stereocenters. The molecule has 2 N–H and O–H groups in total. The fourth-order valence-corrected chi connectivity index (χ4v) is 3.03. The summed E-state index contributed by atoms with van der Waals surface area (Å²) in [6.45, 7) is 9.01. The Morgan fingerprint density at radius 3 is 2.86 bits per heavy atom. The van der Waals surface area contributed by atoms with E-state index in [1.54, 1.807) is 11.3 Å². The number of rotatable bonds is 8. The summed E-state index contributed by atoms with van der Waals surface area (Å²) < 4.78 is 0. The number of guanidine groups is 1. The third kappa shape index (κ3) is 6.04. The molecule has 1 fully saturated rings. The van der Waals surface area contributed by atoms with E-state index in [-0.39, 0.29) is 0 Å². The summed E-state index contributed by atoms with van der Waals surface area (Å²) in [5, 5.41) is 9.96. The predicted octanol–water partition coefficient (Wildman–Crippen LogP) is 3.51. The lowest BCUT2D eigenvalue weighted by molar-refractivity contribution is 0.645. The van der Waals surface area contributed by atoms with Crippen molar-refractivity contribution in [2.24, 2.45) is 10.9 Å². The van der Waals surface area contributed by atoms with E-state index in [9.17, 15) is 0 Å². The summed E-state index contributed by atoms with van der Waals surface area (Å²) in [4.78, 5) is 9.26. The van der Waals surface area contributed by atoms with E-state index < -0.39 is 0 Å². The summed E-state index contributed by atoms with van der Waals surface area (Å²) in [6.07, 6.45) is 5.48. The molecule has 1 aliphatic carbocycles. The molecule has 0 unspecified atom stereocenters. The Hall–Kier alpha value is -1.10. The van der Waals surface area contributed by atoms with Crippen molar-refractivity contribution in [3.05, 3.63) is 16.1 Å². The number of aromatic nitrogens is 1. The van der Waals surface area contributed by atoms with Gasteiger partial charge in [-0.2, -0.15) is 0 Å². The summed E-state index contributed by atoms with van der Waals surface area (Å²) >= 11 is 1.70. The molecule has 0 radical (unpaired) electrons. The van der Waals surface area contributed by atoms with Gasteiger partial charge in [0.2, 0.25) is 0 Å². The number of thiazole rings is 1. The Balaban J connectivity index is 1.77. The molecule has 0 amide bonds. The fourth-order valence-electron chi connectivity index (χ4n) is 2.16. The SMILES string of the molecule is CCNC(=NCc1nc(C(C)C)cs1)NCCCC1CC1. The topological polar surface area (TPSA) is 49.3 Å². The van der Waals surface area contributed by atoms with Crippen molar-refractivity contribution >= 4 is 17.3 Å². The Morgan fingerprint density at radius 1 is 1.43 bits per heavy atom. The van der Waals surface area contributed by atoms with Crippen LogP contribution < -0.4 is 10.6 Å². The van der Waals surface area contributed by atoms with Crippen molar-refractivity contribution in [3.8, 4) is 0 Å². The number of nitrogens with one attached hydrogen (secondary N) is 2. The van der Waals surface area contributed by atoms with Crippen LogP contribution in [0.2, 0.25) is 0 Å². The lowest BCUT2D eigenvalue weighted by atomic mass is 10.2. The lowest BCUT2D eigenvalue weighted by Gasteiger charge is -2.10. The lowest BCUT2D eigenvalue weighted by Crippen LogP contribution is -2.37. The second kappa shape index (κ2) is 8.37. The second-order valence-corrected chi connectivity index (χ2v) is 6.97. The van der Waals surface area contributed by atoms with Crippen LogP contribution in [0.3, 0.4) is 0 Å². The van der Waals surface area contributed by atoms with E-state index in [1.807, 2.05) is 0 Å². The van der Waals surface area contributed by atoms with Crippen molar-refractivity contribution in [1.29, 1.82) is 0 Å². The van der Waals surface area contributed by atoms with Gasteiger partial charge in [0, 0.05) is 18.5 Å². The Morgan fingerprint density at radius 2 is 2.24 bits per heavy atom. The van der Waals surface area contributed by atoms with Crippen molar-refractivity contribution < 1.29 is 0 Å². The van der Waals surface area contributed by atoms with Crippen LogP contribution in [0.15, 0.2) is 10.4 Å². The molecular weight excluding hydrogens is 280 g/mol. The smallest absolute Gasteiger partial charge is 0.191 e. The van der Waals surface area contributed by atoms with Gasteiger partial charge in [-0.1, -0.05) is 26.7 Å². The molecule has 0 saturated heterocycles. The van der Waals surface area contributed by atoms with Crippen LogP contribution in [0.1, 0.15) is 63.1 Å². The first kappa shape index (κ1) is 16.3. The van der Waals surface area contributed by atoms with Gasteiger partial charge in [0.05, 0.1) is 12.2 Å². The molecule has 1 aromatic rings. The maximum atomic E-state index is 4.63. The average molecular weight is 308 g/mol. The minimum atomic E-state index is 0.493. The normalized spacial score (nSPS) is 15.5. The van der Waals surface area contributed by atoms with Crippen LogP contribution in [0.5, 0.6) is 0 Å². The molecule has 0 spiro atoms. The van der Waals surface area contributed by atoms with Crippen LogP contribution in [0, 0.1) is 5.92 Å². The largest absolute Gasteiger partial charge is 0.357 e. The molecular formula is C16H28N4S. The highest BCUT2D eigenvalue weighted by Gasteiger charge is 2.19. The van der Waals surface area contributed by atoms with Gasteiger partial charge in [0.25, 0.3) is 0 Å². The summed E-state index contributed by atoms with van der Waals surface area (Å²) in [7, 11) is 0. The zero-order valence-electron chi connectivity index (χ0n) is 13.5. The molecule has 21 heavy (non-hydrogen) atoms. The standard InChI is InChI=1S/C16H28N4S/c1-4-17-16(18-9-5-6-13-7-8-13)19-10-15-20-14(11-21-15)12(2)3/h11-13H,4-10H2,1-3H3,(H2,17,18,19). The van der Waals surface area contributed by atoms with Crippen molar-refractivity contribution in [1.82, 2.24) is 15.6 Å². The first-order valence-corrected chi connectivity index (χ1v) is 9.03. The maximum absolute atomic E-state index is 4.63. The zero-order valence-corrected chi connectivity index (χ0v) is 14.3. The van der Waals surface area contributed by atoms with Crippen molar-refractivity contribution in [2.45, 2.75) is 58.9 Å². The number of aliphatic imine (C=N–C) groups is 1. The van der Waals surface area contributed by atoms with Crippen molar-refractivity contribution in [3.63, 3.8) is 0 Å². The van der Waals surface area contributed by atoms with Gasteiger partial charge in [0.1, 0.15) is 5.01 Å². The highest BCUT2D eigenvalue weighted by Crippen LogP contribution is 2.33. The Bertz CT molecular complexity index is 449. The first-order chi connectivity index (χ1) is 10.2. The van der Waals surface area contributed by atoms with E-state index in [2.05, 4.69) is 46.8 Å². The van der Waals surface area contributed by atoms with E-state index in [0.29, 0.717) is 12.5 Å². The average Bonchev–Trinajstić information content (AvgIpc) is 3.16. The van der Waals surface area contributed by atoms with E-state index >= 15 is 0 Å². The highest BCUT2D eigenvalue weighted by molar-refractivity contribution is 7.09. The Labute approximate surface area is 132 Å². The van der Waals surface area contributed by atoms with E-state index in [1.165, 1.54) is 31.4 Å². The van der Waals surface area contributed by atoms with E-state index in [4.69, 9.17) is 0 Å². The Kier molecular flexibility index (Phi) is 6.49. The predicted molar refractivity (Wildman–Crippen MR) is 91.0 cm³/mol. The van der Waals surface area contributed by atoms with Gasteiger partial charge < -0.3 is 10.6 Å². The van der Waals surface area contributed by atoms with Gasteiger partial charge in [-0.3, -0.25) is 0 Å². The molecule has 0 aromatic carbocycles. The molecule has 0 bridgehead atoms. The first-order valence-electron chi connectivity index (χ1n) is 8.15. The molecule has 2 rings (SSSR count). The highest BCUT2D eigenvalue weighted by atomic mass is 32.1. The van der Waals surface area contributed by atoms with Gasteiger partial charge in [-0.05, 0) is 31.6 Å². The fraction of sp³-hybridized carbons (Fsp3) is 0.750. The molecule has 5 heteroatoms. The van der Waals surface area contributed by atoms with Gasteiger partial charge in [0.15, 0.2) is 5.96 Å². The van der Waals surface area contributed by atoms with Gasteiger partial charge in [-0.25, -0.2) is 9.98 Å². The second-order valence-electron chi connectivity index (χ2n) is 6.03. The summed E-state index contributed by atoms with van der Waals surface area (Å²) in [6, 6.07) is 0. The summed E-state index contributed by atoms with van der Waals surface area (Å²) in [5.41, 5.74) is 1.17. The minimum Gasteiger partial charge on any atom is -0.357 e. The number of hydrogen-bond acceptors (Lipinski definition) is 3. The number of hydrogen-bond donors (Lipinski definition) is 2. The summed E-state index contributed by atoms with van der Waals surface area (Å²) in [5.74, 6) is 2.42. The van der Waals surface area contributed by atoms with E-state index in [0.717, 1.165) is 30.0 Å². The molecule has 1 heterocycles. The minimum absolute atomic E-state index is 0.493. The molecule has 118 valence electrons. The third-order valence-electron chi connectivity index (χ3n) is 3.66. The third-order valence-corrected chi connectivity index (χ3v) is 4.51. The monoisotopic (exact) mass is 308 g/mol.